The van der Waals surface area contributed by atoms with E-state index in [9.17, 15) is 4.79 Å². The Kier molecular flexibility index (Phi) is 5.66. The molecule has 0 radical (unpaired) electrons. The summed E-state index contributed by atoms with van der Waals surface area (Å²) in [6, 6.07) is 10.2. The van der Waals surface area contributed by atoms with Crippen molar-refractivity contribution in [3.05, 3.63) is 47.2 Å². The third-order valence-electron chi connectivity index (χ3n) is 2.66. The molecule has 0 unspecified atom stereocenters. The largest absolute Gasteiger partial charge is 0.424 e. The zero-order valence-electron chi connectivity index (χ0n) is 11.6. The molecular weight excluding hydrogens is 294 g/mol. The summed E-state index contributed by atoms with van der Waals surface area (Å²) >= 11 is 5.98. The number of hydrogen-bond donors (Lipinski definition) is 1. The third-order valence-corrected chi connectivity index (χ3v) is 2.98. The van der Waals surface area contributed by atoms with Crippen molar-refractivity contribution in [2.24, 2.45) is 0 Å². The number of hydrogen-bond acceptors (Lipinski definition) is 4. The van der Waals surface area contributed by atoms with Gasteiger partial charge in [-0.3, -0.25) is 4.79 Å². The van der Waals surface area contributed by atoms with Crippen LogP contribution in [0.3, 0.4) is 0 Å². The van der Waals surface area contributed by atoms with Crippen LogP contribution in [0.1, 0.15) is 17.0 Å². The number of carbonyl (C=O) groups is 1. The summed E-state index contributed by atoms with van der Waals surface area (Å²) in [6.45, 7) is 1.12. The van der Waals surface area contributed by atoms with Gasteiger partial charge in [0, 0.05) is 26.3 Å². The Hall–Kier alpha value is -1.98. The van der Waals surface area contributed by atoms with Gasteiger partial charge in [0.25, 0.3) is 11.9 Å². The van der Waals surface area contributed by atoms with Gasteiger partial charge in [0.15, 0.2) is 5.76 Å². The molecule has 0 saturated heterocycles. The fourth-order valence-corrected chi connectivity index (χ4v) is 1.81. The van der Waals surface area contributed by atoms with Crippen LogP contribution in [-0.2, 0) is 4.74 Å². The maximum absolute atomic E-state index is 11.8. The van der Waals surface area contributed by atoms with Crippen LogP contribution in [0.4, 0.5) is 0 Å². The molecule has 1 N–H and O–H groups in total. The lowest BCUT2D eigenvalue weighted by atomic mass is 10.3. The van der Waals surface area contributed by atoms with Crippen molar-refractivity contribution < 1.29 is 18.7 Å². The average Bonchev–Trinajstić information content (AvgIpc) is 2.94. The Morgan fingerprint density at radius 2 is 2.10 bits per heavy atom. The van der Waals surface area contributed by atoms with Crippen LogP contribution in [0.2, 0.25) is 5.02 Å². The smallest absolute Gasteiger partial charge is 0.290 e. The number of amides is 1. The van der Waals surface area contributed by atoms with Crippen LogP contribution in [0.5, 0.6) is 11.7 Å². The summed E-state index contributed by atoms with van der Waals surface area (Å²) in [5, 5.41) is 3.20. The van der Waals surface area contributed by atoms with Crippen molar-refractivity contribution in [3.8, 4) is 11.7 Å². The van der Waals surface area contributed by atoms with E-state index in [-0.39, 0.29) is 17.6 Å². The number of para-hydroxylation sites is 1. The first-order valence-electron chi connectivity index (χ1n) is 6.50. The number of methoxy groups -OCH3 is 1. The monoisotopic (exact) mass is 309 g/mol. The minimum Gasteiger partial charge on any atom is -0.424 e. The van der Waals surface area contributed by atoms with Crippen molar-refractivity contribution in [3.63, 3.8) is 0 Å². The molecule has 112 valence electrons. The molecule has 2 aromatic rings. The lowest BCUT2D eigenvalue weighted by Gasteiger charge is -2.04. The summed E-state index contributed by atoms with van der Waals surface area (Å²) in [5.41, 5.74) is 0. The second-order valence-corrected chi connectivity index (χ2v) is 4.66. The molecule has 2 rings (SSSR count). The fourth-order valence-electron chi connectivity index (χ4n) is 1.64. The highest BCUT2D eigenvalue weighted by Gasteiger charge is 2.12. The summed E-state index contributed by atoms with van der Waals surface area (Å²) in [5.74, 6) is 0.584. The first-order chi connectivity index (χ1) is 10.2. The van der Waals surface area contributed by atoms with Gasteiger partial charge in [-0.05, 0) is 24.6 Å². The molecule has 6 heteroatoms. The summed E-state index contributed by atoms with van der Waals surface area (Å²) < 4.78 is 15.7. The van der Waals surface area contributed by atoms with Gasteiger partial charge in [-0.15, -0.1) is 0 Å². The van der Waals surface area contributed by atoms with E-state index in [0.717, 1.165) is 6.42 Å². The molecule has 1 aromatic heterocycles. The first kappa shape index (κ1) is 15.4. The molecule has 1 aromatic carbocycles. The van der Waals surface area contributed by atoms with Crippen LogP contribution in [-0.4, -0.2) is 26.2 Å². The normalized spacial score (nSPS) is 10.4. The summed E-state index contributed by atoms with van der Waals surface area (Å²) in [4.78, 5) is 11.8. The van der Waals surface area contributed by atoms with Gasteiger partial charge in [0.1, 0.15) is 5.75 Å². The molecular formula is C15H16ClNO4. The average molecular weight is 310 g/mol. The minimum atomic E-state index is -0.292. The topological polar surface area (TPSA) is 60.7 Å². The highest BCUT2D eigenvalue weighted by molar-refractivity contribution is 6.32. The number of rotatable bonds is 7. The molecule has 0 saturated carbocycles. The van der Waals surface area contributed by atoms with E-state index >= 15 is 0 Å². The van der Waals surface area contributed by atoms with Gasteiger partial charge in [-0.25, -0.2) is 0 Å². The molecule has 0 fully saturated rings. The van der Waals surface area contributed by atoms with Crippen molar-refractivity contribution in [2.75, 3.05) is 20.3 Å². The highest BCUT2D eigenvalue weighted by atomic mass is 35.5. The van der Waals surface area contributed by atoms with Gasteiger partial charge in [-0.2, -0.15) is 0 Å². The molecule has 1 heterocycles. The van der Waals surface area contributed by atoms with Crippen molar-refractivity contribution >= 4 is 17.5 Å². The zero-order valence-corrected chi connectivity index (χ0v) is 12.4. The fraction of sp³-hybridized carbons (Fsp3) is 0.267. The predicted octanol–water partition coefficient (Wildman–Crippen LogP) is 3.49. The molecule has 0 atom stereocenters. The molecule has 0 spiro atoms. The third kappa shape index (κ3) is 4.51. The predicted molar refractivity (Wildman–Crippen MR) is 79.1 cm³/mol. The molecule has 0 aliphatic heterocycles. The van der Waals surface area contributed by atoms with E-state index in [4.69, 9.17) is 25.5 Å². The lowest BCUT2D eigenvalue weighted by molar-refractivity contribution is 0.0916. The van der Waals surface area contributed by atoms with E-state index in [1.54, 1.807) is 43.5 Å². The molecule has 0 bridgehead atoms. The van der Waals surface area contributed by atoms with E-state index in [1.165, 1.54) is 0 Å². The van der Waals surface area contributed by atoms with Crippen LogP contribution < -0.4 is 10.1 Å². The number of nitrogens with one attached hydrogen (secondary N) is 1. The second-order valence-electron chi connectivity index (χ2n) is 4.25. The molecule has 5 nitrogen and oxygen atoms in total. The Labute approximate surface area is 127 Å². The van der Waals surface area contributed by atoms with Gasteiger partial charge >= 0.3 is 0 Å². The van der Waals surface area contributed by atoms with Crippen LogP contribution in [0, 0.1) is 0 Å². The minimum absolute atomic E-state index is 0.189. The van der Waals surface area contributed by atoms with Gasteiger partial charge in [-0.1, -0.05) is 23.7 Å². The standard InChI is InChI=1S/C15H16ClNO4/c1-19-10-4-9-17-15(18)13-7-8-14(21-13)20-12-6-3-2-5-11(12)16/h2-3,5-8H,4,9-10H2,1H3,(H,17,18). The van der Waals surface area contributed by atoms with Crippen molar-refractivity contribution in [2.45, 2.75) is 6.42 Å². The number of ether oxygens (including phenoxy) is 2. The SMILES string of the molecule is COCCCNC(=O)c1ccc(Oc2ccccc2Cl)o1. The van der Waals surface area contributed by atoms with Crippen molar-refractivity contribution in [1.29, 1.82) is 0 Å². The van der Waals surface area contributed by atoms with Gasteiger partial charge in [0.05, 0.1) is 5.02 Å². The summed E-state index contributed by atoms with van der Waals surface area (Å²) in [6.07, 6.45) is 0.742. The first-order valence-corrected chi connectivity index (χ1v) is 6.88. The van der Waals surface area contributed by atoms with Gasteiger partial charge in [0.2, 0.25) is 0 Å². The molecule has 21 heavy (non-hydrogen) atoms. The highest BCUT2D eigenvalue weighted by Crippen LogP contribution is 2.29. The van der Waals surface area contributed by atoms with E-state index in [2.05, 4.69) is 5.32 Å². The lowest BCUT2D eigenvalue weighted by Crippen LogP contribution is -2.24. The quantitative estimate of drug-likeness (QED) is 0.795. The van der Waals surface area contributed by atoms with E-state index in [1.807, 2.05) is 0 Å². The zero-order chi connectivity index (χ0) is 15.1. The Balaban J connectivity index is 1.92. The maximum atomic E-state index is 11.8. The molecule has 1 amide bonds. The van der Waals surface area contributed by atoms with Gasteiger partial charge < -0.3 is 19.2 Å². The number of halogens is 1. The number of carbonyl (C=O) groups excluding carboxylic acids is 1. The van der Waals surface area contributed by atoms with Crippen LogP contribution in [0.25, 0.3) is 0 Å². The van der Waals surface area contributed by atoms with Crippen LogP contribution in [0.15, 0.2) is 40.8 Å². The number of furan rings is 1. The van der Waals surface area contributed by atoms with Crippen LogP contribution >= 0.6 is 11.6 Å². The Morgan fingerprint density at radius 3 is 2.86 bits per heavy atom. The maximum Gasteiger partial charge on any atom is 0.290 e. The Morgan fingerprint density at radius 1 is 1.29 bits per heavy atom. The van der Waals surface area contributed by atoms with E-state index in [0.29, 0.717) is 23.9 Å². The Bertz CT molecular complexity index is 597. The van der Waals surface area contributed by atoms with E-state index < -0.39 is 0 Å². The second kappa shape index (κ2) is 7.71. The number of benzene rings is 1. The summed E-state index contributed by atoms with van der Waals surface area (Å²) in [7, 11) is 1.62. The van der Waals surface area contributed by atoms with Crippen molar-refractivity contribution in [1.82, 2.24) is 5.32 Å². The molecule has 0 aliphatic carbocycles. The molecule has 0 aliphatic rings.